The Hall–Kier alpha value is -4.07. The Morgan fingerprint density at radius 1 is 0.915 bits per heavy atom. The smallest absolute Gasteiger partial charge is 0.242 e. The zero-order valence-electron chi connectivity index (χ0n) is 37.6. The van der Waals surface area contributed by atoms with Crippen molar-refractivity contribution in [1.82, 2.24) is 25.7 Å². The van der Waals surface area contributed by atoms with E-state index in [1.54, 1.807) is 0 Å². The van der Waals surface area contributed by atoms with Crippen LogP contribution in [0.5, 0.6) is 0 Å². The van der Waals surface area contributed by atoms with Crippen LogP contribution < -0.4 is 37.9 Å². The molecule has 2 amide bonds. The number of carbonyl (C=O) groups is 3. The van der Waals surface area contributed by atoms with Crippen LogP contribution >= 0.6 is 11.9 Å². The van der Waals surface area contributed by atoms with Crippen molar-refractivity contribution in [1.29, 1.82) is 0 Å². The van der Waals surface area contributed by atoms with Crippen molar-refractivity contribution in [3.8, 4) is 0 Å². The van der Waals surface area contributed by atoms with Gasteiger partial charge < -0.3 is 38.1 Å². The van der Waals surface area contributed by atoms with Crippen LogP contribution in [0.3, 0.4) is 0 Å². The van der Waals surface area contributed by atoms with Gasteiger partial charge >= 0.3 is 0 Å². The Balaban J connectivity index is 2.02. The first-order chi connectivity index (χ1) is 27.5. The highest BCUT2D eigenvalue weighted by atomic mass is 32.2. The van der Waals surface area contributed by atoms with Crippen molar-refractivity contribution >= 4 is 45.7 Å². The quantitative estimate of drug-likeness (QED) is 0.0297. The third-order valence-corrected chi connectivity index (χ3v) is 11.4. The van der Waals surface area contributed by atoms with Crippen LogP contribution in [0.1, 0.15) is 137 Å². The summed E-state index contributed by atoms with van der Waals surface area (Å²) in [7, 11) is 0. The maximum Gasteiger partial charge on any atom is 0.242 e. The number of guanidine groups is 1. The van der Waals surface area contributed by atoms with E-state index >= 15 is 0 Å². The minimum Gasteiger partial charge on any atom is -0.389 e. The van der Waals surface area contributed by atoms with E-state index in [2.05, 4.69) is 130 Å². The number of allylic oxidation sites excluding steroid dienone is 4. The molecule has 0 radical (unpaired) electrons. The third kappa shape index (κ3) is 15.8. The predicted octanol–water partition coefficient (Wildman–Crippen LogP) is 6.54. The van der Waals surface area contributed by atoms with E-state index in [9.17, 15) is 14.4 Å². The van der Waals surface area contributed by atoms with Crippen LogP contribution in [0.4, 0.5) is 0 Å². The molecule has 12 nitrogen and oxygen atoms in total. The molecule has 0 fully saturated rings. The van der Waals surface area contributed by atoms with Gasteiger partial charge in [-0.15, -0.1) is 0 Å². The molecule has 1 aliphatic rings. The fourth-order valence-electron chi connectivity index (χ4n) is 7.13. The largest absolute Gasteiger partial charge is 0.389 e. The van der Waals surface area contributed by atoms with Gasteiger partial charge in [-0.1, -0.05) is 98.8 Å². The first-order valence-electron chi connectivity index (χ1n) is 21.3. The van der Waals surface area contributed by atoms with Gasteiger partial charge in [-0.05, 0) is 104 Å². The molecular weight excluding hydrogens is 759 g/mol. The molecule has 0 saturated carbocycles. The lowest BCUT2D eigenvalue weighted by Crippen LogP contribution is -2.50. The summed E-state index contributed by atoms with van der Waals surface area (Å²) in [6, 6.07) is 3.09. The molecule has 59 heavy (non-hydrogen) atoms. The molecule has 0 aliphatic heterocycles. The summed E-state index contributed by atoms with van der Waals surface area (Å²) in [6.07, 6.45) is 11.6. The highest BCUT2D eigenvalue weighted by Gasteiger charge is 2.33. The number of benzene rings is 1. The standard InChI is InChI=1S/C46H75N9O3S/c1-29(2)50-22-15-19-36(47)42(58)59-53-28-31(40(56)54-37(20-16-23-52-43(48)49)41(57)51-24-21-30-17-13-12-14-18-30)25-34-33-26-32(44(3,4)5)27-35(45(6,7)8)38(33)55-39(34)46(9,10)11/h13,17-18,26-27,31,36-37,50,53,55H,1,12,14-16,19-25,28,47H2,2-11H3,(H,51,57)(H,54,56)(H4,48,49,52)/t31?,36-,37-/m0/s1. The number of amides is 2. The van der Waals surface area contributed by atoms with Gasteiger partial charge in [0.25, 0.3) is 0 Å². The van der Waals surface area contributed by atoms with Crippen molar-refractivity contribution in [2.45, 2.75) is 149 Å². The first-order valence-corrected chi connectivity index (χ1v) is 22.1. The number of hydrogen-bond donors (Lipinski definition) is 8. The summed E-state index contributed by atoms with van der Waals surface area (Å²) in [6.45, 7) is 27.2. The number of carbonyl (C=O) groups excluding carboxylic acids is 3. The van der Waals surface area contributed by atoms with Gasteiger partial charge in [0, 0.05) is 53.9 Å². The predicted molar refractivity (Wildman–Crippen MR) is 248 cm³/mol. The molecule has 1 aliphatic carbocycles. The van der Waals surface area contributed by atoms with E-state index < -0.39 is 18.0 Å². The monoisotopic (exact) mass is 834 g/mol. The van der Waals surface area contributed by atoms with E-state index in [1.807, 2.05) is 6.92 Å². The molecule has 3 atom stereocenters. The van der Waals surface area contributed by atoms with Crippen molar-refractivity contribution in [3.05, 3.63) is 70.6 Å². The van der Waals surface area contributed by atoms with Gasteiger partial charge in [-0.2, -0.15) is 0 Å². The molecule has 2 aromatic rings. The number of aliphatic imine (C=N–C) groups is 1. The van der Waals surface area contributed by atoms with E-state index in [-0.39, 0.29) is 45.7 Å². The second kappa shape index (κ2) is 22.0. The lowest BCUT2D eigenvalue weighted by Gasteiger charge is -2.26. The zero-order valence-corrected chi connectivity index (χ0v) is 38.4. The topological polar surface area (TPSA) is 206 Å². The SMILES string of the molecule is C=C(C)NCCC[C@H](N)C(=O)SNCC(Cc1c(C(C)(C)C)[nH]c2c(C(C)(C)C)cc(C(C)(C)C)cc12)C(=O)N[C@@H](CCCN=C(N)N)C(=O)NCCC1=CCCC=C1. The summed E-state index contributed by atoms with van der Waals surface area (Å²) >= 11 is 0.933. The second-order valence-corrected chi connectivity index (χ2v) is 20.0. The maximum atomic E-state index is 14.7. The van der Waals surface area contributed by atoms with Gasteiger partial charge in [0.2, 0.25) is 16.9 Å². The number of nitrogens with zero attached hydrogens (tertiary/aromatic N) is 1. The summed E-state index contributed by atoms with van der Waals surface area (Å²) < 4.78 is 3.21. The van der Waals surface area contributed by atoms with Gasteiger partial charge in [0.05, 0.1) is 12.0 Å². The summed E-state index contributed by atoms with van der Waals surface area (Å²) in [5.74, 6) is -1.24. The molecule has 3 rings (SSSR count). The summed E-state index contributed by atoms with van der Waals surface area (Å²) in [5, 5.41) is 10.2. The molecule has 0 saturated heterocycles. The molecular formula is C46H75N9O3S. The van der Waals surface area contributed by atoms with Crippen LogP contribution in [-0.2, 0) is 37.0 Å². The number of rotatable bonds is 21. The third-order valence-electron chi connectivity index (χ3n) is 10.5. The zero-order chi connectivity index (χ0) is 44.1. The Morgan fingerprint density at radius 3 is 2.22 bits per heavy atom. The lowest BCUT2D eigenvalue weighted by atomic mass is 9.78. The highest BCUT2D eigenvalue weighted by molar-refractivity contribution is 8.12. The fourth-order valence-corrected chi connectivity index (χ4v) is 7.83. The molecule has 0 spiro atoms. The minimum absolute atomic E-state index is 0.0251. The number of hydrogen-bond acceptors (Lipinski definition) is 8. The van der Waals surface area contributed by atoms with E-state index in [4.69, 9.17) is 17.2 Å². The number of aromatic nitrogens is 1. The molecule has 1 aromatic heterocycles. The van der Waals surface area contributed by atoms with Crippen molar-refractivity contribution in [2.75, 3.05) is 26.2 Å². The van der Waals surface area contributed by atoms with Crippen molar-refractivity contribution < 1.29 is 14.4 Å². The Bertz CT molecular complexity index is 1850. The number of nitrogens with two attached hydrogens (primary N) is 3. The van der Waals surface area contributed by atoms with Crippen LogP contribution in [-0.4, -0.2) is 66.1 Å². The molecule has 0 bridgehead atoms. The number of fused-ring (bicyclic) bond motifs is 1. The molecule has 11 N–H and O–H groups in total. The van der Waals surface area contributed by atoms with Gasteiger partial charge in [0.15, 0.2) is 5.96 Å². The van der Waals surface area contributed by atoms with Gasteiger partial charge in [0.1, 0.15) is 6.04 Å². The molecule has 1 aromatic carbocycles. The number of aromatic amines is 1. The molecule has 1 heterocycles. The van der Waals surface area contributed by atoms with Crippen LogP contribution in [0.15, 0.2) is 53.2 Å². The van der Waals surface area contributed by atoms with Gasteiger partial charge in [-0.25, -0.2) is 0 Å². The maximum absolute atomic E-state index is 14.7. The van der Waals surface area contributed by atoms with E-state index in [1.165, 1.54) is 16.7 Å². The molecule has 13 heteroatoms. The molecule has 328 valence electrons. The van der Waals surface area contributed by atoms with Gasteiger partial charge in [-0.3, -0.25) is 24.1 Å². The molecule has 1 unspecified atom stereocenters. The Kier molecular flexibility index (Phi) is 18.4. The average molecular weight is 834 g/mol. The minimum atomic E-state index is -0.823. The second-order valence-electron chi connectivity index (χ2n) is 19.1. The van der Waals surface area contributed by atoms with E-state index in [0.29, 0.717) is 51.7 Å². The Labute approximate surface area is 358 Å². The fraction of sp³-hybridized carbons (Fsp3) is 0.609. The van der Waals surface area contributed by atoms with E-state index in [0.717, 1.165) is 59.1 Å². The average Bonchev–Trinajstić information content (AvgIpc) is 3.51. The van der Waals surface area contributed by atoms with Crippen LogP contribution in [0.2, 0.25) is 0 Å². The number of H-pyrrole nitrogens is 1. The highest BCUT2D eigenvalue weighted by Crippen LogP contribution is 2.40. The summed E-state index contributed by atoms with van der Waals surface area (Å²) in [5.41, 5.74) is 24.5. The van der Waals surface area contributed by atoms with Crippen molar-refractivity contribution in [2.24, 2.45) is 28.1 Å². The first kappa shape index (κ1) is 49.3. The van der Waals surface area contributed by atoms with Crippen LogP contribution in [0.25, 0.3) is 10.9 Å². The lowest BCUT2D eigenvalue weighted by molar-refractivity contribution is -0.131. The number of nitrogens with one attached hydrogen (secondary N) is 5. The van der Waals surface area contributed by atoms with Crippen LogP contribution in [0, 0.1) is 5.92 Å². The Morgan fingerprint density at radius 2 is 1.63 bits per heavy atom. The van der Waals surface area contributed by atoms with Crippen molar-refractivity contribution in [3.63, 3.8) is 0 Å². The normalized spacial score (nSPS) is 14.9. The summed E-state index contributed by atoms with van der Waals surface area (Å²) in [4.78, 5) is 49.6.